The highest BCUT2D eigenvalue weighted by Crippen LogP contribution is 2.61. The van der Waals surface area contributed by atoms with Crippen LogP contribution in [0.4, 0.5) is 0 Å². The molecule has 16 heavy (non-hydrogen) atoms. The van der Waals surface area contributed by atoms with Gasteiger partial charge in [0.15, 0.2) is 0 Å². The number of carbonyl (C=O) groups excluding carboxylic acids is 2. The minimum Gasteiger partial charge on any atom is -0.425 e. The van der Waals surface area contributed by atoms with E-state index >= 15 is 0 Å². The molecule has 2 aliphatic carbocycles. The molecule has 0 spiro atoms. The van der Waals surface area contributed by atoms with E-state index in [1.807, 2.05) is 6.92 Å². The van der Waals surface area contributed by atoms with Gasteiger partial charge < -0.3 is 9.47 Å². The second-order valence-electron chi connectivity index (χ2n) is 5.08. The molecular weight excluding hydrogens is 208 g/mol. The molecule has 1 aliphatic heterocycles. The third-order valence-electron chi connectivity index (χ3n) is 4.28. The van der Waals surface area contributed by atoms with Crippen LogP contribution in [0.2, 0.25) is 0 Å². The maximum absolute atomic E-state index is 11.9. The maximum atomic E-state index is 11.9. The molecule has 4 heteroatoms. The van der Waals surface area contributed by atoms with E-state index in [9.17, 15) is 9.59 Å². The number of hydrogen-bond acceptors (Lipinski definition) is 4. The average Bonchev–Trinajstić information content (AvgIpc) is 2.79. The first-order valence-corrected chi connectivity index (χ1v) is 5.60. The lowest BCUT2D eigenvalue weighted by atomic mass is 9.71. The fraction of sp³-hybridized carbons (Fsp3) is 0.667. The van der Waals surface area contributed by atoms with Crippen LogP contribution in [0.25, 0.3) is 0 Å². The Bertz CT molecular complexity index is 400. The second-order valence-corrected chi connectivity index (χ2v) is 5.08. The molecule has 4 nitrogen and oxygen atoms in total. The topological polar surface area (TPSA) is 52.6 Å². The molecule has 0 radical (unpaired) electrons. The number of ether oxygens (including phenoxy) is 2. The summed E-state index contributed by atoms with van der Waals surface area (Å²) in [5.74, 6) is -0.0605. The minimum absolute atomic E-state index is 0.00102. The van der Waals surface area contributed by atoms with Crippen LogP contribution >= 0.6 is 0 Å². The maximum Gasteiger partial charge on any atom is 0.316 e. The molecule has 0 N–H and O–H groups in total. The van der Waals surface area contributed by atoms with Crippen molar-refractivity contribution in [3.05, 3.63) is 12.2 Å². The summed E-state index contributed by atoms with van der Waals surface area (Å²) in [5, 5.41) is 0. The van der Waals surface area contributed by atoms with Gasteiger partial charge in [0.05, 0.1) is 11.3 Å². The molecule has 3 rings (SSSR count). The van der Waals surface area contributed by atoms with Crippen molar-refractivity contribution in [1.82, 2.24) is 0 Å². The van der Waals surface area contributed by atoms with Gasteiger partial charge in [0.2, 0.25) is 0 Å². The fourth-order valence-corrected chi connectivity index (χ4v) is 3.47. The van der Waals surface area contributed by atoms with Crippen LogP contribution in [0, 0.1) is 23.2 Å². The number of cyclic esters (lactones) is 1. The van der Waals surface area contributed by atoms with Gasteiger partial charge in [-0.15, -0.1) is 0 Å². The number of carbonyl (C=O) groups is 2. The Morgan fingerprint density at radius 2 is 2.31 bits per heavy atom. The molecule has 0 aromatic carbocycles. The summed E-state index contributed by atoms with van der Waals surface area (Å²) >= 11 is 0. The van der Waals surface area contributed by atoms with Crippen molar-refractivity contribution in [3.8, 4) is 0 Å². The predicted molar refractivity (Wildman–Crippen MR) is 54.0 cm³/mol. The normalized spacial score (nSPS) is 48.0. The molecule has 3 aliphatic rings. The minimum atomic E-state index is -0.685. The van der Waals surface area contributed by atoms with Crippen molar-refractivity contribution < 1.29 is 19.1 Å². The van der Waals surface area contributed by atoms with Crippen LogP contribution in [0.5, 0.6) is 0 Å². The van der Waals surface area contributed by atoms with Crippen molar-refractivity contribution >= 4 is 11.9 Å². The SMILES string of the molecule is CC(=O)O[C@@H]1OC(=O)[C@]2(C)[C@H]1[C@@H]1C=C[C@H]2C1. The van der Waals surface area contributed by atoms with Gasteiger partial charge in [-0.1, -0.05) is 12.2 Å². The van der Waals surface area contributed by atoms with Crippen molar-refractivity contribution in [3.63, 3.8) is 0 Å². The number of fused-ring (bicyclic) bond motifs is 5. The van der Waals surface area contributed by atoms with Crippen LogP contribution in [0.1, 0.15) is 20.3 Å². The van der Waals surface area contributed by atoms with Gasteiger partial charge in [-0.05, 0) is 25.2 Å². The van der Waals surface area contributed by atoms with E-state index in [1.165, 1.54) is 6.92 Å². The van der Waals surface area contributed by atoms with E-state index in [0.29, 0.717) is 5.92 Å². The van der Waals surface area contributed by atoms with E-state index in [2.05, 4.69) is 12.2 Å². The third kappa shape index (κ3) is 0.996. The zero-order valence-electron chi connectivity index (χ0n) is 9.30. The van der Waals surface area contributed by atoms with Gasteiger partial charge in [-0.3, -0.25) is 9.59 Å². The Morgan fingerprint density at radius 3 is 3.00 bits per heavy atom. The molecule has 1 saturated carbocycles. The summed E-state index contributed by atoms with van der Waals surface area (Å²) in [5.41, 5.74) is -0.487. The Morgan fingerprint density at radius 1 is 1.56 bits per heavy atom. The Kier molecular flexibility index (Phi) is 1.77. The first kappa shape index (κ1) is 9.87. The molecule has 1 heterocycles. The molecule has 1 saturated heterocycles. The van der Waals surface area contributed by atoms with E-state index < -0.39 is 17.7 Å². The third-order valence-corrected chi connectivity index (χ3v) is 4.28. The lowest BCUT2D eigenvalue weighted by Gasteiger charge is -2.28. The van der Waals surface area contributed by atoms with Crippen LogP contribution in [-0.4, -0.2) is 18.2 Å². The summed E-state index contributed by atoms with van der Waals surface area (Å²) in [6.45, 7) is 3.27. The van der Waals surface area contributed by atoms with Crippen LogP contribution < -0.4 is 0 Å². The largest absolute Gasteiger partial charge is 0.425 e. The highest BCUT2D eigenvalue weighted by atomic mass is 16.7. The molecule has 0 aromatic heterocycles. The van der Waals surface area contributed by atoms with E-state index in [-0.39, 0.29) is 17.8 Å². The summed E-state index contributed by atoms with van der Waals surface area (Å²) in [6, 6.07) is 0. The van der Waals surface area contributed by atoms with Crippen molar-refractivity contribution in [2.45, 2.75) is 26.6 Å². The lowest BCUT2D eigenvalue weighted by molar-refractivity contribution is -0.181. The zero-order valence-corrected chi connectivity index (χ0v) is 9.30. The van der Waals surface area contributed by atoms with Crippen LogP contribution in [-0.2, 0) is 19.1 Å². The summed E-state index contributed by atoms with van der Waals surface area (Å²) in [4.78, 5) is 22.9. The van der Waals surface area contributed by atoms with E-state index in [1.54, 1.807) is 0 Å². The quantitative estimate of drug-likeness (QED) is 0.495. The molecule has 86 valence electrons. The zero-order chi connectivity index (χ0) is 11.5. The standard InChI is InChI=1S/C12H14O4/c1-6(13)15-10-9-7-3-4-8(5-7)12(9,2)11(14)16-10/h3-4,7-10H,5H2,1-2H3/t7-,8+,9+,10-,12+/m1/s1. The summed E-state index contributed by atoms with van der Waals surface area (Å²) < 4.78 is 10.3. The average molecular weight is 222 g/mol. The highest BCUT2D eigenvalue weighted by molar-refractivity contribution is 5.81. The highest BCUT2D eigenvalue weighted by Gasteiger charge is 2.67. The first-order chi connectivity index (χ1) is 7.53. The van der Waals surface area contributed by atoms with E-state index in [0.717, 1.165) is 6.42 Å². The number of hydrogen-bond donors (Lipinski definition) is 0. The van der Waals surface area contributed by atoms with E-state index in [4.69, 9.17) is 9.47 Å². The molecule has 0 aromatic rings. The molecular formula is C12H14O4. The van der Waals surface area contributed by atoms with Gasteiger partial charge in [-0.25, -0.2) is 0 Å². The van der Waals surface area contributed by atoms with Crippen molar-refractivity contribution in [2.24, 2.45) is 23.2 Å². The molecule has 0 unspecified atom stereocenters. The van der Waals surface area contributed by atoms with Gasteiger partial charge in [0, 0.05) is 6.92 Å². The van der Waals surface area contributed by atoms with Crippen molar-refractivity contribution in [1.29, 1.82) is 0 Å². The van der Waals surface area contributed by atoms with Gasteiger partial charge >= 0.3 is 11.9 Å². The Hall–Kier alpha value is -1.32. The van der Waals surface area contributed by atoms with Gasteiger partial charge in [0.1, 0.15) is 0 Å². The predicted octanol–water partition coefficient (Wildman–Crippen LogP) is 1.26. The molecule has 0 amide bonds. The van der Waals surface area contributed by atoms with Gasteiger partial charge in [-0.2, -0.15) is 0 Å². The number of rotatable bonds is 1. The second kappa shape index (κ2) is 2.87. The Labute approximate surface area is 93.6 Å². The molecule has 2 bridgehead atoms. The number of allylic oxidation sites excluding steroid dienone is 2. The van der Waals surface area contributed by atoms with Crippen LogP contribution in [0.3, 0.4) is 0 Å². The number of esters is 2. The smallest absolute Gasteiger partial charge is 0.316 e. The summed E-state index contributed by atoms with van der Waals surface area (Å²) in [7, 11) is 0. The Balaban J connectivity index is 1.95. The summed E-state index contributed by atoms with van der Waals surface area (Å²) in [6.07, 6.45) is 4.51. The van der Waals surface area contributed by atoms with Crippen molar-refractivity contribution in [2.75, 3.05) is 0 Å². The van der Waals surface area contributed by atoms with Crippen LogP contribution in [0.15, 0.2) is 12.2 Å². The molecule has 5 atom stereocenters. The monoisotopic (exact) mass is 222 g/mol. The first-order valence-electron chi connectivity index (χ1n) is 5.60. The fourth-order valence-electron chi connectivity index (χ4n) is 3.47. The lowest BCUT2D eigenvalue weighted by Crippen LogP contribution is -2.36. The van der Waals surface area contributed by atoms with Gasteiger partial charge in [0.25, 0.3) is 6.29 Å². The molecule has 2 fully saturated rings.